The van der Waals surface area contributed by atoms with Gasteiger partial charge in [0.05, 0.1) is 0 Å². The molecule has 0 aromatic heterocycles. The van der Waals surface area contributed by atoms with Crippen LogP contribution in [0.4, 0.5) is 0 Å². The lowest BCUT2D eigenvalue weighted by atomic mass is 10.0. The molecule has 0 rings (SSSR count). The lowest BCUT2D eigenvalue weighted by Crippen LogP contribution is -1.85. The summed E-state index contributed by atoms with van der Waals surface area (Å²) in [6.07, 6.45) is 25.8. The first-order valence-corrected chi connectivity index (χ1v) is 9.84. The number of unbranched alkanes of at least 4 members (excludes halogenated alkanes) is 17. The number of aliphatic hydroxyl groups excluding tert-OH is 1. The zero-order valence-corrected chi connectivity index (χ0v) is 14.8. The van der Waals surface area contributed by atoms with Crippen LogP contribution in [0.5, 0.6) is 0 Å². The molecule has 0 aliphatic rings. The van der Waals surface area contributed by atoms with E-state index in [0.717, 1.165) is 6.42 Å². The first kappa shape index (κ1) is 21.0. The van der Waals surface area contributed by atoms with Gasteiger partial charge in [0.25, 0.3) is 0 Å². The van der Waals surface area contributed by atoms with Gasteiger partial charge in [0.1, 0.15) is 0 Å². The second kappa shape index (κ2) is 20.0. The summed E-state index contributed by atoms with van der Waals surface area (Å²) in [5, 5.41) is 8.64. The molecule has 0 aliphatic carbocycles. The molecular weight excluding hydrogens is 256 g/mol. The maximum atomic E-state index is 8.64. The van der Waals surface area contributed by atoms with Gasteiger partial charge in [-0.25, -0.2) is 0 Å². The van der Waals surface area contributed by atoms with Crippen LogP contribution in [0.15, 0.2) is 0 Å². The molecule has 0 unspecified atom stereocenters. The van der Waals surface area contributed by atoms with E-state index in [1.807, 2.05) is 6.42 Å². The molecule has 0 saturated heterocycles. The summed E-state index contributed by atoms with van der Waals surface area (Å²) in [6.45, 7) is 2.54. The topological polar surface area (TPSA) is 20.2 Å². The second-order valence-electron chi connectivity index (χ2n) is 6.56. The average molecular weight is 298 g/mol. The maximum Gasteiger partial charge on any atom is 0.0462 e. The van der Waals surface area contributed by atoms with Crippen molar-refractivity contribution in [2.24, 2.45) is 0 Å². The van der Waals surface area contributed by atoms with Crippen molar-refractivity contribution in [2.45, 2.75) is 116 Å². The van der Waals surface area contributed by atoms with Crippen LogP contribution in [-0.2, 0) is 0 Å². The Morgan fingerprint density at radius 2 is 0.857 bits per heavy atom. The Kier molecular flexibility index (Phi) is 19.9. The van der Waals surface area contributed by atoms with Crippen LogP contribution >= 0.6 is 0 Å². The zero-order chi connectivity index (χ0) is 15.4. The molecule has 0 fully saturated rings. The molecule has 0 aliphatic heterocycles. The molecule has 0 aromatic rings. The van der Waals surface area contributed by atoms with Gasteiger partial charge in [0, 0.05) is 6.61 Å². The highest BCUT2D eigenvalue weighted by molar-refractivity contribution is 4.61. The van der Waals surface area contributed by atoms with E-state index in [2.05, 4.69) is 6.92 Å². The molecule has 0 bridgehead atoms. The van der Waals surface area contributed by atoms with Gasteiger partial charge in [-0.2, -0.15) is 0 Å². The third-order valence-corrected chi connectivity index (χ3v) is 4.39. The zero-order valence-electron chi connectivity index (χ0n) is 14.8. The molecule has 1 nitrogen and oxygen atoms in total. The minimum Gasteiger partial charge on any atom is -0.396 e. The van der Waals surface area contributed by atoms with E-state index >= 15 is 0 Å². The maximum absolute atomic E-state index is 8.64. The van der Waals surface area contributed by atoms with Crippen molar-refractivity contribution in [2.75, 3.05) is 6.61 Å². The van der Waals surface area contributed by atoms with Crippen molar-refractivity contribution in [3.05, 3.63) is 6.42 Å². The molecule has 0 aromatic carbocycles. The van der Waals surface area contributed by atoms with Crippen LogP contribution in [-0.4, -0.2) is 11.7 Å². The van der Waals surface area contributed by atoms with Crippen LogP contribution in [0.25, 0.3) is 0 Å². The highest BCUT2D eigenvalue weighted by Crippen LogP contribution is 2.14. The molecule has 21 heavy (non-hydrogen) atoms. The standard InChI is InChI=1S/C20H41O/c1-2-3-4-5-6-7-8-9-10-11-12-13-14-15-16-17-18-19-20-21/h19,21H,2-18,20H2,1H3. The normalized spacial score (nSPS) is 11.1. The van der Waals surface area contributed by atoms with E-state index in [9.17, 15) is 0 Å². The van der Waals surface area contributed by atoms with Crippen molar-refractivity contribution in [3.8, 4) is 0 Å². The molecule has 0 spiro atoms. The lowest BCUT2D eigenvalue weighted by molar-refractivity contribution is 0.322. The summed E-state index contributed by atoms with van der Waals surface area (Å²) < 4.78 is 0. The molecule has 0 amide bonds. The van der Waals surface area contributed by atoms with Gasteiger partial charge >= 0.3 is 0 Å². The van der Waals surface area contributed by atoms with Crippen LogP contribution in [0, 0.1) is 6.42 Å². The van der Waals surface area contributed by atoms with E-state index in [1.54, 1.807) is 0 Å². The summed E-state index contributed by atoms with van der Waals surface area (Å²) >= 11 is 0. The minimum absolute atomic E-state index is 0.249. The summed E-state index contributed by atoms with van der Waals surface area (Å²) in [6, 6.07) is 0. The van der Waals surface area contributed by atoms with E-state index in [0.29, 0.717) is 0 Å². The van der Waals surface area contributed by atoms with Crippen molar-refractivity contribution >= 4 is 0 Å². The van der Waals surface area contributed by atoms with Crippen LogP contribution in [0.1, 0.15) is 116 Å². The molecule has 1 heteroatoms. The Hall–Kier alpha value is -0.0400. The van der Waals surface area contributed by atoms with Crippen LogP contribution in [0.2, 0.25) is 0 Å². The Bertz CT molecular complexity index is 149. The van der Waals surface area contributed by atoms with Gasteiger partial charge in [-0.05, 0) is 12.8 Å². The Morgan fingerprint density at radius 1 is 0.524 bits per heavy atom. The average Bonchev–Trinajstić information content (AvgIpc) is 2.50. The monoisotopic (exact) mass is 297 g/mol. The van der Waals surface area contributed by atoms with E-state index in [-0.39, 0.29) is 6.61 Å². The second-order valence-corrected chi connectivity index (χ2v) is 6.56. The lowest BCUT2D eigenvalue weighted by Gasteiger charge is -2.03. The molecule has 1 N–H and O–H groups in total. The number of hydrogen-bond donors (Lipinski definition) is 1. The highest BCUT2D eigenvalue weighted by atomic mass is 16.2. The van der Waals surface area contributed by atoms with E-state index < -0.39 is 0 Å². The molecule has 0 heterocycles. The van der Waals surface area contributed by atoms with E-state index in [4.69, 9.17) is 5.11 Å². The Labute approximate surface area is 134 Å². The molecular formula is C20H41O. The van der Waals surface area contributed by atoms with Crippen molar-refractivity contribution < 1.29 is 5.11 Å². The smallest absolute Gasteiger partial charge is 0.0462 e. The predicted molar refractivity (Wildman–Crippen MR) is 95.5 cm³/mol. The van der Waals surface area contributed by atoms with Gasteiger partial charge in [-0.1, -0.05) is 110 Å². The van der Waals surface area contributed by atoms with Gasteiger partial charge in [-0.15, -0.1) is 0 Å². The fourth-order valence-corrected chi connectivity index (χ4v) is 2.93. The quantitative estimate of drug-likeness (QED) is 0.275. The van der Waals surface area contributed by atoms with Gasteiger partial charge < -0.3 is 5.11 Å². The van der Waals surface area contributed by atoms with Gasteiger partial charge in [0.15, 0.2) is 0 Å². The molecule has 1 radical (unpaired) electrons. The first-order valence-electron chi connectivity index (χ1n) is 9.84. The predicted octanol–water partition coefficient (Wildman–Crippen LogP) is 6.83. The van der Waals surface area contributed by atoms with Crippen molar-refractivity contribution in [1.29, 1.82) is 0 Å². The van der Waals surface area contributed by atoms with Crippen LogP contribution in [0.3, 0.4) is 0 Å². The third kappa shape index (κ3) is 20.0. The molecule has 127 valence electrons. The highest BCUT2D eigenvalue weighted by Gasteiger charge is 1.94. The van der Waals surface area contributed by atoms with Crippen molar-refractivity contribution in [3.63, 3.8) is 0 Å². The van der Waals surface area contributed by atoms with Crippen molar-refractivity contribution in [1.82, 2.24) is 0 Å². The summed E-state index contributed by atoms with van der Waals surface area (Å²) in [5.74, 6) is 0. The number of rotatable bonds is 18. The SMILES string of the molecule is CCCCCCCCCCCCCCCCCC[CH]CO. The largest absolute Gasteiger partial charge is 0.396 e. The first-order chi connectivity index (χ1) is 10.4. The van der Waals surface area contributed by atoms with E-state index in [1.165, 1.54) is 103 Å². The summed E-state index contributed by atoms with van der Waals surface area (Å²) in [5.41, 5.74) is 0. The summed E-state index contributed by atoms with van der Waals surface area (Å²) in [7, 11) is 0. The Morgan fingerprint density at radius 3 is 1.19 bits per heavy atom. The van der Waals surface area contributed by atoms with Gasteiger partial charge in [0.2, 0.25) is 0 Å². The molecule has 0 atom stereocenters. The molecule has 0 saturated carbocycles. The van der Waals surface area contributed by atoms with Gasteiger partial charge in [-0.3, -0.25) is 0 Å². The number of aliphatic hydroxyl groups is 1. The summed E-state index contributed by atoms with van der Waals surface area (Å²) in [4.78, 5) is 0. The fraction of sp³-hybridized carbons (Fsp3) is 0.950. The van der Waals surface area contributed by atoms with Crippen LogP contribution < -0.4 is 0 Å². The Balaban J connectivity index is 2.90. The number of hydrogen-bond acceptors (Lipinski definition) is 1. The fourth-order valence-electron chi connectivity index (χ4n) is 2.93. The third-order valence-electron chi connectivity index (χ3n) is 4.39. The minimum atomic E-state index is 0.249.